The van der Waals surface area contributed by atoms with Crippen LogP contribution in [0.15, 0.2) is 58.1 Å². The van der Waals surface area contributed by atoms with E-state index in [0.717, 1.165) is 4.57 Å². The van der Waals surface area contributed by atoms with Crippen LogP contribution < -0.4 is 16.4 Å². The van der Waals surface area contributed by atoms with E-state index in [0.29, 0.717) is 21.7 Å². The van der Waals surface area contributed by atoms with Crippen molar-refractivity contribution in [2.75, 3.05) is 5.32 Å². The fraction of sp³-hybridized carbons (Fsp3) is 0.0625. The van der Waals surface area contributed by atoms with Gasteiger partial charge in [0.2, 0.25) is 5.91 Å². The van der Waals surface area contributed by atoms with E-state index in [1.54, 1.807) is 48.5 Å². The summed E-state index contributed by atoms with van der Waals surface area (Å²) in [4.78, 5) is 38.4. The Kier molecular flexibility index (Phi) is 3.99. The standard InChI is InChI=1S/C16H12ClN3O3/c17-10-4-3-5-11(8-10)18-14(21)9-20-13-7-2-1-6-12(13)19-15(22)16(20)23/h1-8H,9H2,(H,18,21)(H,19,22). The summed E-state index contributed by atoms with van der Waals surface area (Å²) in [5.74, 6) is -0.426. The third-order valence-electron chi connectivity index (χ3n) is 3.29. The summed E-state index contributed by atoms with van der Waals surface area (Å²) in [7, 11) is 0. The maximum Gasteiger partial charge on any atom is 0.317 e. The van der Waals surface area contributed by atoms with Gasteiger partial charge in [-0.2, -0.15) is 0 Å². The lowest BCUT2D eigenvalue weighted by Crippen LogP contribution is -2.38. The molecule has 0 aliphatic heterocycles. The molecule has 1 amide bonds. The monoisotopic (exact) mass is 329 g/mol. The van der Waals surface area contributed by atoms with Gasteiger partial charge < -0.3 is 10.3 Å². The zero-order valence-corrected chi connectivity index (χ0v) is 12.6. The minimum atomic E-state index is -0.773. The number of carbonyl (C=O) groups is 1. The van der Waals surface area contributed by atoms with Crippen molar-refractivity contribution in [1.82, 2.24) is 9.55 Å². The molecular formula is C16H12ClN3O3. The number of hydrogen-bond donors (Lipinski definition) is 2. The largest absolute Gasteiger partial charge is 0.324 e. The van der Waals surface area contributed by atoms with Crippen molar-refractivity contribution < 1.29 is 4.79 Å². The van der Waals surface area contributed by atoms with Crippen LogP contribution in [0.1, 0.15) is 0 Å². The molecule has 0 saturated carbocycles. The Bertz CT molecular complexity index is 1010. The second-order valence-corrected chi connectivity index (χ2v) is 5.36. The number of aromatic amines is 1. The van der Waals surface area contributed by atoms with Crippen LogP contribution in [-0.4, -0.2) is 15.5 Å². The van der Waals surface area contributed by atoms with Gasteiger partial charge in [-0.1, -0.05) is 29.8 Å². The van der Waals surface area contributed by atoms with Crippen LogP contribution in [-0.2, 0) is 11.3 Å². The molecule has 1 heterocycles. The lowest BCUT2D eigenvalue weighted by atomic mass is 10.3. The van der Waals surface area contributed by atoms with Gasteiger partial charge in [0.05, 0.1) is 11.0 Å². The predicted octanol–water partition coefficient (Wildman–Crippen LogP) is 1.98. The molecule has 23 heavy (non-hydrogen) atoms. The highest BCUT2D eigenvalue weighted by Crippen LogP contribution is 2.15. The summed E-state index contributed by atoms with van der Waals surface area (Å²) in [6, 6.07) is 13.5. The number of halogens is 1. The average Bonchev–Trinajstić information content (AvgIpc) is 2.52. The van der Waals surface area contributed by atoms with E-state index in [1.807, 2.05) is 0 Å². The van der Waals surface area contributed by atoms with Crippen LogP contribution >= 0.6 is 11.6 Å². The minimum absolute atomic E-state index is 0.268. The van der Waals surface area contributed by atoms with E-state index >= 15 is 0 Å². The number of fused-ring (bicyclic) bond motifs is 1. The zero-order chi connectivity index (χ0) is 16.4. The highest BCUT2D eigenvalue weighted by atomic mass is 35.5. The number of benzene rings is 2. The second-order valence-electron chi connectivity index (χ2n) is 4.92. The number of aromatic nitrogens is 2. The average molecular weight is 330 g/mol. The smallest absolute Gasteiger partial charge is 0.317 e. The Balaban J connectivity index is 1.95. The molecule has 1 aromatic heterocycles. The highest BCUT2D eigenvalue weighted by molar-refractivity contribution is 6.30. The summed E-state index contributed by atoms with van der Waals surface area (Å²) in [6.45, 7) is -0.268. The van der Waals surface area contributed by atoms with Crippen molar-refractivity contribution in [3.8, 4) is 0 Å². The Morgan fingerprint density at radius 1 is 1.13 bits per heavy atom. The molecule has 6 nitrogen and oxygen atoms in total. The highest BCUT2D eigenvalue weighted by Gasteiger charge is 2.11. The number of nitrogens with one attached hydrogen (secondary N) is 2. The molecule has 0 aliphatic rings. The van der Waals surface area contributed by atoms with Crippen LogP contribution in [0.4, 0.5) is 5.69 Å². The van der Waals surface area contributed by atoms with Crippen LogP contribution in [0.3, 0.4) is 0 Å². The molecule has 0 bridgehead atoms. The summed E-state index contributed by atoms with van der Waals surface area (Å²) >= 11 is 5.86. The predicted molar refractivity (Wildman–Crippen MR) is 88.9 cm³/mol. The van der Waals surface area contributed by atoms with Gasteiger partial charge in [0.25, 0.3) is 0 Å². The van der Waals surface area contributed by atoms with Crippen molar-refractivity contribution in [1.29, 1.82) is 0 Å². The summed E-state index contributed by atoms with van der Waals surface area (Å²) in [5, 5.41) is 3.13. The Morgan fingerprint density at radius 2 is 1.91 bits per heavy atom. The first-order valence-electron chi connectivity index (χ1n) is 6.82. The molecule has 0 fully saturated rings. The second kappa shape index (κ2) is 6.10. The molecule has 116 valence electrons. The maximum atomic E-state index is 12.2. The van der Waals surface area contributed by atoms with Gasteiger partial charge in [0.15, 0.2) is 0 Å². The molecule has 2 N–H and O–H groups in total. The number of hydrogen-bond acceptors (Lipinski definition) is 3. The topological polar surface area (TPSA) is 84.0 Å². The first-order chi connectivity index (χ1) is 11.0. The minimum Gasteiger partial charge on any atom is -0.324 e. The number of H-pyrrole nitrogens is 1. The van der Waals surface area contributed by atoms with Crippen molar-refractivity contribution >= 4 is 34.2 Å². The van der Waals surface area contributed by atoms with Crippen molar-refractivity contribution in [3.05, 3.63) is 74.3 Å². The number of nitrogens with zero attached hydrogens (tertiary/aromatic N) is 1. The molecule has 0 radical (unpaired) electrons. The van der Waals surface area contributed by atoms with Crippen LogP contribution in [0.2, 0.25) is 5.02 Å². The molecule has 3 rings (SSSR count). The Morgan fingerprint density at radius 3 is 2.70 bits per heavy atom. The lowest BCUT2D eigenvalue weighted by molar-refractivity contribution is -0.116. The fourth-order valence-corrected chi connectivity index (χ4v) is 2.48. The van der Waals surface area contributed by atoms with Gasteiger partial charge >= 0.3 is 11.1 Å². The first-order valence-corrected chi connectivity index (χ1v) is 7.20. The summed E-state index contributed by atoms with van der Waals surface area (Å²) in [5.41, 5.74) is -0.0418. The molecule has 3 aromatic rings. The number of rotatable bonds is 3. The van der Waals surface area contributed by atoms with Crippen LogP contribution in [0, 0.1) is 0 Å². The van der Waals surface area contributed by atoms with Gasteiger partial charge in [-0.05, 0) is 30.3 Å². The van der Waals surface area contributed by atoms with Gasteiger partial charge in [-0.25, -0.2) is 0 Å². The van der Waals surface area contributed by atoms with E-state index in [4.69, 9.17) is 11.6 Å². The zero-order valence-electron chi connectivity index (χ0n) is 11.9. The molecule has 2 aromatic carbocycles. The third kappa shape index (κ3) is 3.17. The maximum absolute atomic E-state index is 12.2. The third-order valence-corrected chi connectivity index (χ3v) is 3.53. The van der Waals surface area contributed by atoms with Gasteiger partial charge in [-0.3, -0.25) is 19.0 Å². The molecule has 0 saturated heterocycles. The molecule has 7 heteroatoms. The van der Waals surface area contributed by atoms with E-state index < -0.39 is 17.0 Å². The normalized spacial score (nSPS) is 10.7. The van der Waals surface area contributed by atoms with E-state index in [2.05, 4.69) is 10.3 Å². The fourth-order valence-electron chi connectivity index (χ4n) is 2.29. The number of amides is 1. The summed E-state index contributed by atoms with van der Waals surface area (Å²) in [6.07, 6.45) is 0. The molecule has 0 spiro atoms. The van der Waals surface area contributed by atoms with Gasteiger partial charge in [0.1, 0.15) is 6.54 Å². The lowest BCUT2D eigenvalue weighted by Gasteiger charge is -2.10. The molecule has 0 atom stereocenters. The van der Waals surface area contributed by atoms with E-state index in [-0.39, 0.29) is 6.54 Å². The van der Waals surface area contributed by atoms with Crippen LogP contribution in [0.25, 0.3) is 11.0 Å². The van der Waals surface area contributed by atoms with E-state index in [1.165, 1.54) is 0 Å². The molecular weight excluding hydrogens is 318 g/mol. The number of carbonyl (C=O) groups excluding carboxylic acids is 1. The quantitative estimate of drug-likeness (QED) is 0.721. The number of anilines is 1. The van der Waals surface area contributed by atoms with Gasteiger partial charge in [-0.15, -0.1) is 0 Å². The molecule has 0 unspecified atom stereocenters. The van der Waals surface area contributed by atoms with Crippen molar-refractivity contribution in [2.45, 2.75) is 6.54 Å². The van der Waals surface area contributed by atoms with Crippen molar-refractivity contribution in [2.24, 2.45) is 0 Å². The SMILES string of the molecule is O=C(Cn1c(=O)c(=O)[nH]c2ccccc21)Nc1cccc(Cl)c1. The van der Waals surface area contributed by atoms with Crippen LogP contribution in [0.5, 0.6) is 0 Å². The first kappa shape index (κ1) is 15.1. The Labute approximate surface area is 135 Å². The molecule has 0 aliphatic carbocycles. The Hall–Kier alpha value is -2.86. The van der Waals surface area contributed by atoms with Gasteiger partial charge in [0, 0.05) is 10.7 Å². The van der Waals surface area contributed by atoms with E-state index in [9.17, 15) is 14.4 Å². The number of para-hydroxylation sites is 2. The summed E-state index contributed by atoms with van der Waals surface area (Å²) < 4.78 is 1.15. The van der Waals surface area contributed by atoms with Crippen molar-refractivity contribution in [3.63, 3.8) is 0 Å².